The monoisotopic (exact) mass is 375 g/mol. The lowest BCUT2D eigenvalue weighted by atomic mass is 9.81. The lowest BCUT2D eigenvalue weighted by molar-refractivity contribution is -0.144. The van der Waals surface area contributed by atoms with Gasteiger partial charge in [-0.25, -0.2) is 5.48 Å². The predicted molar refractivity (Wildman–Crippen MR) is 101 cm³/mol. The van der Waals surface area contributed by atoms with Crippen LogP contribution in [0.25, 0.3) is 0 Å². The van der Waals surface area contributed by atoms with Crippen molar-refractivity contribution in [3.63, 3.8) is 0 Å². The van der Waals surface area contributed by atoms with Crippen LogP contribution in [0, 0.1) is 6.92 Å². The van der Waals surface area contributed by atoms with Crippen LogP contribution in [-0.2, 0) is 19.8 Å². The zero-order valence-corrected chi connectivity index (χ0v) is 16.2. The number of likely N-dealkylation sites (tertiary alicyclic amines) is 1. The summed E-state index contributed by atoms with van der Waals surface area (Å²) in [6.45, 7) is 6.35. The van der Waals surface area contributed by atoms with Crippen molar-refractivity contribution in [3.05, 3.63) is 35.4 Å². The molecule has 1 aliphatic rings. The summed E-state index contributed by atoms with van der Waals surface area (Å²) in [5.74, 6) is -0.763. The molecule has 27 heavy (non-hydrogen) atoms. The van der Waals surface area contributed by atoms with Gasteiger partial charge in [-0.2, -0.15) is 0 Å². The van der Waals surface area contributed by atoms with Gasteiger partial charge >= 0.3 is 0 Å². The Labute approximate surface area is 160 Å². The molecular weight excluding hydrogens is 346 g/mol. The minimum atomic E-state index is -0.716. The van der Waals surface area contributed by atoms with Crippen molar-refractivity contribution in [1.82, 2.24) is 15.7 Å². The van der Waals surface area contributed by atoms with Gasteiger partial charge in [-0.3, -0.25) is 19.6 Å². The van der Waals surface area contributed by atoms with E-state index in [4.69, 9.17) is 5.21 Å². The van der Waals surface area contributed by atoms with Crippen LogP contribution in [0.4, 0.5) is 0 Å². The number of unbranched alkanes of at least 4 members (excludes halogenated alkanes) is 1. The normalized spacial score (nSPS) is 20.4. The molecule has 7 nitrogen and oxygen atoms in total. The topological polar surface area (TPSA) is 98.7 Å². The van der Waals surface area contributed by atoms with Gasteiger partial charge in [0, 0.05) is 20.0 Å². The maximum atomic E-state index is 13.2. The molecule has 7 heteroatoms. The molecule has 0 bridgehead atoms. The highest BCUT2D eigenvalue weighted by Gasteiger charge is 2.47. The molecule has 1 aliphatic heterocycles. The number of nitrogens with zero attached hydrogens (tertiary/aromatic N) is 1. The first-order chi connectivity index (χ1) is 12.8. The summed E-state index contributed by atoms with van der Waals surface area (Å²) >= 11 is 0. The highest BCUT2D eigenvalue weighted by Crippen LogP contribution is 2.37. The largest absolute Gasteiger partial charge is 0.356 e. The highest BCUT2D eigenvalue weighted by molar-refractivity contribution is 5.94. The maximum absolute atomic E-state index is 13.2. The summed E-state index contributed by atoms with van der Waals surface area (Å²) in [7, 11) is 0. The molecule has 1 aromatic carbocycles. The molecule has 0 aliphatic carbocycles. The second kappa shape index (κ2) is 8.99. The van der Waals surface area contributed by atoms with Crippen molar-refractivity contribution in [1.29, 1.82) is 0 Å². The fourth-order valence-corrected chi connectivity index (χ4v) is 3.59. The van der Waals surface area contributed by atoms with E-state index in [9.17, 15) is 14.4 Å². The summed E-state index contributed by atoms with van der Waals surface area (Å²) < 4.78 is 0. The zero-order valence-electron chi connectivity index (χ0n) is 16.2. The Morgan fingerprint density at radius 2 is 1.93 bits per heavy atom. The molecule has 1 saturated heterocycles. The molecule has 0 spiro atoms. The number of aryl methyl sites for hydroxylation is 1. The average Bonchev–Trinajstić information content (AvgIpc) is 2.94. The minimum Gasteiger partial charge on any atom is -0.356 e. The number of hydrogen-bond donors (Lipinski definition) is 3. The summed E-state index contributed by atoms with van der Waals surface area (Å²) in [5.41, 5.74) is 3.09. The summed E-state index contributed by atoms with van der Waals surface area (Å²) in [6.07, 6.45) is 2.41. The van der Waals surface area contributed by atoms with Gasteiger partial charge in [-0.05, 0) is 45.1 Å². The van der Waals surface area contributed by atoms with E-state index in [1.165, 1.54) is 6.92 Å². The van der Waals surface area contributed by atoms with Gasteiger partial charge in [0.15, 0.2) is 0 Å². The number of carbonyl (C=O) groups excluding carboxylic acids is 3. The van der Waals surface area contributed by atoms with Crippen molar-refractivity contribution in [2.24, 2.45) is 0 Å². The standard InChI is InChI=1S/C20H29N3O4/c1-14-7-9-16(10-8-14)20(3)11-13-23(19(20)26)17(18(25)22-27)6-4-5-12-21-15(2)24/h7-10,17,27H,4-6,11-13H2,1-3H3,(H,21,24)(H,22,25). The van der Waals surface area contributed by atoms with Crippen LogP contribution in [0.15, 0.2) is 24.3 Å². The average molecular weight is 375 g/mol. The number of rotatable bonds is 8. The Bertz CT molecular complexity index is 689. The molecule has 2 atom stereocenters. The van der Waals surface area contributed by atoms with Crippen LogP contribution in [0.3, 0.4) is 0 Å². The second-order valence-electron chi connectivity index (χ2n) is 7.42. The SMILES string of the molecule is CC(=O)NCCCCC(C(=O)NO)N1CCC(C)(c2ccc(C)cc2)C1=O. The first-order valence-electron chi connectivity index (χ1n) is 9.36. The molecule has 2 unspecified atom stereocenters. The van der Waals surface area contributed by atoms with E-state index in [1.807, 2.05) is 38.1 Å². The number of hydrogen-bond acceptors (Lipinski definition) is 4. The fraction of sp³-hybridized carbons (Fsp3) is 0.550. The van der Waals surface area contributed by atoms with Crippen molar-refractivity contribution < 1.29 is 19.6 Å². The lowest BCUT2D eigenvalue weighted by Crippen LogP contribution is -2.49. The molecule has 148 valence electrons. The van der Waals surface area contributed by atoms with Gasteiger partial charge in [0.25, 0.3) is 5.91 Å². The van der Waals surface area contributed by atoms with E-state index in [0.29, 0.717) is 38.8 Å². The van der Waals surface area contributed by atoms with Crippen molar-refractivity contribution >= 4 is 17.7 Å². The van der Waals surface area contributed by atoms with Crippen LogP contribution >= 0.6 is 0 Å². The van der Waals surface area contributed by atoms with Crippen LogP contribution in [0.2, 0.25) is 0 Å². The predicted octanol–water partition coefficient (Wildman–Crippen LogP) is 1.67. The van der Waals surface area contributed by atoms with Gasteiger partial charge in [0.05, 0.1) is 5.41 Å². The number of hydroxylamine groups is 1. The Morgan fingerprint density at radius 3 is 2.52 bits per heavy atom. The molecule has 0 saturated carbocycles. The first kappa shape index (κ1) is 20.9. The van der Waals surface area contributed by atoms with Gasteiger partial charge in [-0.15, -0.1) is 0 Å². The van der Waals surface area contributed by atoms with E-state index in [0.717, 1.165) is 11.1 Å². The smallest absolute Gasteiger partial charge is 0.266 e. The third-order valence-electron chi connectivity index (χ3n) is 5.34. The number of carbonyl (C=O) groups is 3. The summed E-state index contributed by atoms with van der Waals surface area (Å²) in [6, 6.07) is 7.18. The first-order valence-corrected chi connectivity index (χ1v) is 9.36. The third-order valence-corrected chi connectivity index (χ3v) is 5.34. The Hall–Kier alpha value is -2.41. The van der Waals surface area contributed by atoms with Crippen molar-refractivity contribution in [2.75, 3.05) is 13.1 Å². The van der Waals surface area contributed by atoms with Crippen LogP contribution < -0.4 is 10.8 Å². The number of nitrogens with one attached hydrogen (secondary N) is 2. The molecule has 0 aromatic heterocycles. The van der Waals surface area contributed by atoms with E-state index >= 15 is 0 Å². The maximum Gasteiger partial charge on any atom is 0.266 e. The number of amides is 3. The van der Waals surface area contributed by atoms with Crippen LogP contribution in [0.5, 0.6) is 0 Å². The molecule has 3 N–H and O–H groups in total. The Balaban J connectivity index is 2.07. The third kappa shape index (κ3) is 4.86. The second-order valence-corrected chi connectivity index (χ2v) is 7.42. The van der Waals surface area contributed by atoms with Crippen molar-refractivity contribution in [3.8, 4) is 0 Å². The quantitative estimate of drug-likeness (QED) is 0.366. The summed E-state index contributed by atoms with van der Waals surface area (Å²) in [4.78, 5) is 37.8. The highest BCUT2D eigenvalue weighted by atomic mass is 16.5. The molecule has 1 aromatic rings. The van der Waals surface area contributed by atoms with Crippen molar-refractivity contribution in [2.45, 2.75) is 57.9 Å². The molecule has 1 fully saturated rings. The van der Waals surface area contributed by atoms with E-state index in [2.05, 4.69) is 5.32 Å². The van der Waals surface area contributed by atoms with Gasteiger partial charge in [-0.1, -0.05) is 29.8 Å². The molecule has 3 amide bonds. The van der Waals surface area contributed by atoms with E-state index in [1.54, 1.807) is 10.4 Å². The number of benzene rings is 1. The van der Waals surface area contributed by atoms with Gasteiger partial charge in [0.1, 0.15) is 6.04 Å². The zero-order chi connectivity index (χ0) is 20.0. The van der Waals surface area contributed by atoms with Crippen LogP contribution in [-0.4, -0.2) is 47.0 Å². The summed E-state index contributed by atoms with van der Waals surface area (Å²) in [5, 5.41) is 11.8. The molecule has 0 radical (unpaired) electrons. The fourth-order valence-electron chi connectivity index (χ4n) is 3.59. The van der Waals surface area contributed by atoms with Crippen LogP contribution in [0.1, 0.15) is 50.7 Å². The molecular formula is C20H29N3O4. The van der Waals surface area contributed by atoms with E-state index in [-0.39, 0.29) is 11.8 Å². The van der Waals surface area contributed by atoms with Gasteiger partial charge < -0.3 is 10.2 Å². The Kier molecular flexibility index (Phi) is 6.96. The lowest BCUT2D eigenvalue weighted by Gasteiger charge is -2.29. The molecule has 2 rings (SSSR count). The molecule has 1 heterocycles. The Morgan fingerprint density at radius 1 is 1.26 bits per heavy atom. The van der Waals surface area contributed by atoms with Gasteiger partial charge in [0.2, 0.25) is 11.8 Å². The minimum absolute atomic E-state index is 0.0942. The van der Waals surface area contributed by atoms with E-state index < -0.39 is 17.4 Å².